The molecule has 0 aliphatic heterocycles. The van der Waals surface area contributed by atoms with E-state index in [1.54, 1.807) is 11.8 Å². The summed E-state index contributed by atoms with van der Waals surface area (Å²) in [5, 5.41) is 18.6. The van der Waals surface area contributed by atoms with Gasteiger partial charge in [-0.1, -0.05) is 13.8 Å². The Kier molecular flexibility index (Phi) is 10.0. The second kappa shape index (κ2) is 12.0. The van der Waals surface area contributed by atoms with E-state index in [0.717, 1.165) is 0 Å². The van der Waals surface area contributed by atoms with Crippen LogP contribution in [0, 0.1) is 16.0 Å². The third-order valence-electron chi connectivity index (χ3n) is 3.88. The van der Waals surface area contributed by atoms with Gasteiger partial charge in [-0.15, -0.1) is 0 Å². The highest BCUT2D eigenvalue weighted by Gasteiger charge is 2.26. The van der Waals surface area contributed by atoms with Crippen molar-refractivity contribution in [2.75, 3.05) is 17.3 Å². The molecule has 0 saturated carbocycles. The number of non-ortho nitro benzene ring substituents is 1. The van der Waals surface area contributed by atoms with Crippen LogP contribution in [-0.4, -0.2) is 47.2 Å². The van der Waals surface area contributed by atoms with Crippen LogP contribution in [0.3, 0.4) is 0 Å². The fraction of sp³-hybridized carbons (Fsp3) is 0.500. The number of hydrogen-bond donors (Lipinski definition) is 3. The Morgan fingerprint density at radius 3 is 2.32 bits per heavy atom. The van der Waals surface area contributed by atoms with Gasteiger partial charge in [0.25, 0.3) is 5.69 Å². The fourth-order valence-electron chi connectivity index (χ4n) is 2.48. The topological polar surface area (TPSA) is 130 Å². The van der Waals surface area contributed by atoms with Gasteiger partial charge in [0, 0.05) is 17.8 Å². The minimum absolute atomic E-state index is 0.0818. The van der Waals surface area contributed by atoms with Gasteiger partial charge in [-0.3, -0.25) is 24.5 Å². The first kappa shape index (κ1) is 23.4. The average molecular weight is 410 g/mol. The highest BCUT2D eigenvalue weighted by molar-refractivity contribution is 7.98. The molecule has 1 rings (SSSR count). The summed E-state index contributed by atoms with van der Waals surface area (Å²) in [6.07, 6.45) is 3.22. The van der Waals surface area contributed by atoms with Gasteiger partial charge < -0.3 is 16.0 Å². The van der Waals surface area contributed by atoms with Crippen molar-refractivity contribution in [1.82, 2.24) is 10.6 Å². The molecule has 0 aliphatic rings. The van der Waals surface area contributed by atoms with Crippen LogP contribution in [0.5, 0.6) is 0 Å². The van der Waals surface area contributed by atoms with Crippen molar-refractivity contribution in [2.24, 2.45) is 5.92 Å². The van der Waals surface area contributed by atoms with Gasteiger partial charge >= 0.3 is 0 Å². The van der Waals surface area contributed by atoms with Crippen LogP contribution >= 0.6 is 11.8 Å². The lowest BCUT2D eigenvalue weighted by Gasteiger charge is -2.23. The summed E-state index contributed by atoms with van der Waals surface area (Å²) in [5.74, 6) is -0.0316. The van der Waals surface area contributed by atoms with E-state index >= 15 is 0 Å². The second-order valence-electron chi connectivity index (χ2n) is 6.60. The molecule has 3 N–H and O–H groups in total. The zero-order valence-electron chi connectivity index (χ0n) is 16.1. The minimum Gasteiger partial charge on any atom is -0.347 e. The molecule has 0 heterocycles. The molecule has 2 atom stereocenters. The number of benzene rings is 1. The van der Waals surface area contributed by atoms with E-state index in [1.165, 1.54) is 24.3 Å². The summed E-state index contributed by atoms with van der Waals surface area (Å²) in [7, 11) is 0. The lowest BCUT2D eigenvalue weighted by molar-refractivity contribution is -0.384. The van der Waals surface area contributed by atoms with Crippen molar-refractivity contribution in [1.29, 1.82) is 0 Å². The number of nitrogens with zero attached hydrogens (tertiary/aromatic N) is 1. The monoisotopic (exact) mass is 410 g/mol. The molecule has 0 fully saturated rings. The van der Waals surface area contributed by atoms with Crippen molar-refractivity contribution in [3.8, 4) is 0 Å². The van der Waals surface area contributed by atoms with E-state index in [1.807, 2.05) is 20.1 Å². The van der Waals surface area contributed by atoms with Crippen LogP contribution in [0.2, 0.25) is 0 Å². The minimum atomic E-state index is -0.798. The zero-order chi connectivity index (χ0) is 21.1. The van der Waals surface area contributed by atoms with Crippen molar-refractivity contribution >= 4 is 41.4 Å². The van der Waals surface area contributed by atoms with Gasteiger partial charge in [-0.05, 0) is 42.9 Å². The molecule has 0 saturated heterocycles. The molecule has 0 aromatic heterocycles. The molecule has 28 heavy (non-hydrogen) atoms. The van der Waals surface area contributed by atoms with Crippen molar-refractivity contribution in [3.63, 3.8) is 0 Å². The third kappa shape index (κ3) is 7.95. The largest absolute Gasteiger partial charge is 0.347 e. The maximum Gasteiger partial charge on any atom is 0.269 e. The molecule has 3 amide bonds. The molecule has 154 valence electrons. The lowest BCUT2D eigenvalue weighted by Crippen LogP contribution is -2.51. The van der Waals surface area contributed by atoms with E-state index in [0.29, 0.717) is 30.7 Å². The van der Waals surface area contributed by atoms with Gasteiger partial charge in [0.05, 0.1) is 4.92 Å². The third-order valence-corrected chi connectivity index (χ3v) is 4.53. The van der Waals surface area contributed by atoms with Crippen LogP contribution in [0.25, 0.3) is 0 Å². The van der Waals surface area contributed by atoms with Gasteiger partial charge in [0.2, 0.25) is 18.2 Å². The van der Waals surface area contributed by atoms with Crippen LogP contribution in [-0.2, 0) is 14.4 Å². The summed E-state index contributed by atoms with van der Waals surface area (Å²) < 4.78 is 0. The lowest BCUT2D eigenvalue weighted by atomic mass is 10.0. The number of hydrogen-bond acceptors (Lipinski definition) is 6. The Hall–Kier alpha value is -2.62. The molecular formula is C18H26N4O5S. The van der Waals surface area contributed by atoms with E-state index in [9.17, 15) is 24.5 Å². The van der Waals surface area contributed by atoms with Gasteiger partial charge in [0.1, 0.15) is 12.1 Å². The molecule has 0 radical (unpaired) electrons. The highest BCUT2D eigenvalue weighted by Crippen LogP contribution is 2.16. The van der Waals surface area contributed by atoms with Crippen molar-refractivity contribution < 1.29 is 19.3 Å². The number of carbonyl (C=O) groups is 3. The maximum atomic E-state index is 12.6. The Morgan fingerprint density at radius 2 is 1.82 bits per heavy atom. The first-order valence-corrected chi connectivity index (χ1v) is 10.2. The summed E-state index contributed by atoms with van der Waals surface area (Å²) >= 11 is 1.55. The Morgan fingerprint density at radius 1 is 1.18 bits per heavy atom. The second-order valence-corrected chi connectivity index (χ2v) is 7.59. The van der Waals surface area contributed by atoms with Crippen molar-refractivity contribution in [3.05, 3.63) is 34.4 Å². The number of rotatable bonds is 12. The maximum absolute atomic E-state index is 12.6. The van der Waals surface area contributed by atoms with Crippen molar-refractivity contribution in [2.45, 2.75) is 38.8 Å². The molecule has 0 aliphatic carbocycles. The molecule has 9 nitrogen and oxygen atoms in total. The van der Waals surface area contributed by atoms with E-state index in [2.05, 4.69) is 16.0 Å². The molecule has 0 spiro atoms. The van der Waals surface area contributed by atoms with Crippen LogP contribution in [0.1, 0.15) is 26.7 Å². The van der Waals surface area contributed by atoms with E-state index in [-0.39, 0.29) is 11.6 Å². The Bertz CT molecular complexity index is 681. The van der Waals surface area contributed by atoms with Gasteiger partial charge in [-0.2, -0.15) is 11.8 Å². The SMILES string of the molecule is CSCC[C@H](NC=O)C(=O)N[C@H](CC(C)C)C(=O)Nc1ccc([N+](=O)[O-])cc1. The van der Waals surface area contributed by atoms with Gasteiger partial charge in [-0.25, -0.2) is 0 Å². The van der Waals surface area contributed by atoms with E-state index < -0.39 is 28.8 Å². The number of carbonyl (C=O) groups excluding carboxylic acids is 3. The van der Waals surface area contributed by atoms with Crippen LogP contribution in [0.4, 0.5) is 11.4 Å². The molecule has 10 heteroatoms. The van der Waals surface area contributed by atoms with Crippen LogP contribution in [0.15, 0.2) is 24.3 Å². The summed E-state index contributed by atoms with van der Waals surface area (Å²) in [4.78, 5) is 46.1. The summed E-state index contributed by atoms with van der Waals surface area (Å²) in [6, 6.07) is 3.93. The standard InChI is InChI=1S/C18H26N4O5S/c1-12(2)10-16(21-17(24)15(19-11-23)8-9-28-3)18(25)20-13-4-6-14(7-5-13)22(26)27/h4-7,11-12,15-16H,8-10H2,1-3H3,(H,19,23)(H,20,25)(H,21,24)/t15-,16+/m0/s1. The number of thioether (sulfide) groups is 1. The fourth-order valence-corrected chi connectivity index (χ4v) is 2.95. The van der Waals surface area contributed by atoms with E-state index in [4.69, 9.17) is 0 Å². The predicted molar refractivity (Wildman–Crippen MR) is 109 cm³/mol. The Balaban J connectivity index is 2.84. The normalized spacial score (nSPS) is 12.7. The smallest absolute Gasteiger partial charge is 0.269 e. The molecule has 0 unspecified atom stereocenters. The quantitative estimate of drug-likeness (QED) is 0.274. The number of amides is 3. The molecule has 0 bridgehead atoms. The summed E-state index contributed by atoms with van der Waals surface area (Å²) in [5.41, 5.74) is 0.310. The molecular weight excluding hydrogens is 384 g/mol. The highest BCUT2D eigenvalue weighted by atomic mass is 32.2. The summed E-state index contributed by atoms with van der Waals surface area (Å²) in [6.45, 7) is 3.85. The number of anilines is 1. The predicted octanol–water partition coefficient (Wildman–Crippen LogP) is 1.93. The number of nitrogens with one attached hydrogen (secondary N) is 3. The first-order chi connectivity index (χ1) is 13.3. The Labute approximate surface area is 168 Å². The zero-order valence-corrected chi connectivity index (χ0v) is 17.0. The molecule has 1 aromatic rings. The molecule has 1 aromatic carbocycles. The first-order valence-electron chi connectivity index (χ1n) is 8.82. The average Bonchev–Trinajstić information content (AvgIpc) is 2.64. The van der Waals surface area contributed by atoms with Crippen LogP contribution < -0.4 is 16.0 Å². The number of nitro groups is 1. The van der Waals surface area contributed by atoms with Gasteiger partial charge in [0.15, 0.2) is 0 Å². The number of nitro benzene ring substituents is 1.